The number of hydrogen-bond donors (Lipinski definition) is 2. The van der Waals surface area contributed by atoms with Crippen LogP contribution in [-0.2, 0) is 11.3 Å². The fourth-order valence-corrected chi connectivity index (χ4v) is 3.45. The molecule has 0 radical (unpaired) electrons. The van der Waals surface area contributed by atoms with Crippen LogP contribution in [0.3, 0.4) is 0 Å². The standard InChI is InChI=1S/C21H28N2O2/c1-15-12-23(13-16(2)25-15)21-9-7-20(8-10-21)22-17(3)19-6-4-5-18(11-19)14-24/h4-11,15-17,22,24H,12-14H2,1-3H3. The van der Waals surface area contributed by atoms with E-state index in [4.69, 9.17) is 4.74 Å². The highest BCUT2D eigenvalue weighted by Crippen LogP contribution is 2.25. The van der Waals surface area contributed by atoms with E-state index in [0.29, 0.717) is 0 Å². The van der Waals surface area contributed by atoms with Gasteiger partial charge >= 0.3 is 0 Å². The first-order valence-corrected chi connectivity index (χ1v) is 9.02. The van der Waals surface area contributed by atoms with Crippen LogP contribution in [0.5, 0.6) is 0 Å². The fraction of sp³-hybridized carbons (Fsp3) is 0.429. The lowest BCUT2D eigenvalue weighted by Crippen LogP contribution is -2.45. The molecule has 2 aromatic rings. The summed E-state index contributed by atoms with van der Waals surface area (Å²) >= 11 is 0. The molecule has 4 heteroatoms. The van der Waals surface area contributed by atoms with Gasteiger partial charge < -0.3 is 20.1 Å². The Morgan fingerprint density at radius 1 is 1.12 bits per heavy atom. The third-order valence-electron chi connectivity index (χ3n) is 4.67. The van der Waals surface area contributed by atoms with Crippen molar-refractivity contribution in [2.45, 2.75) is 45.6 Å². The van der Waals surface area contributed by atoms with E-state index in [1.54, 1.807) is 0 Å². The van der Waals surface area contributed by atoms with E-state index in [1.807, 2.05) is 18.2 Å². The van der Waals surface area contributed by atoms with Crippen LogP contribution in [-0.4, -0.2) is 30.4 Å². The topological polar surface area (TPSA) is 44.7 Å². The van der Waals surface area contributed by atoms with Crippen molar-refractivity contribution in [1.29, 1.82) is 0 Å². The summed E-state index contributed by atoms with van der Waals surface area (Å²) in [5.74, 6) is 0. The molecule has 134 valence electrons. The van der Waals surface area contributed by atoms with E-state index < -0.39 is 0 Å². The van der Waals surface area contributed by atoms with E-state index in [2.05, 4.69) is 61.3 Å². The van der Waals surface area contributed by atoms with Gasteiger partial charge in [-0.2, -0.15) is 0 Å². The molecule has 0 amide bonds. The molecule has 3 rings (SSSR count). The predicted molar refractivity (Wildman–Crippen MR) is 103 cm³/mol. The quantitative estimate of drug-likeness (QED) is 0.864. The van der Waals surface area contributed by atoms with Crippen LogP contribution in [0.2, 0.25) is 0 Å². The summed E-state index contributed by atoms with van der Waals surface area (Å²) in [6.45, 7) is 8.33. The minimum absolute atomic E-state index is 0.0751. The predicted octanol–water partition coefficient (Wildman–Crippen LogP) is 3.97. The SMILES string of the molecule is CC1CN(c2ccc(NC(C)c3cccc(CO)c3)cc2)CC(C)O1. The number of anilines is 2. The van der Waals surface area contributed by atoms with Crippen LogP contribution in [0.1, 0.15) is 37.9 Å². The molecule has 3 unspecified atom stereocenters. The molecule has 0 aliphatic carbocycles. The number of morpholine rings is 1. The Bertz CT molecular complexity index is 677. The number of aliphatic hydroxyl groups is 1. The Morgan fingerprint density at radius 3 is 2.44 bits per heavy atom. The van der Waals surface area contributed by atoms with Gasteiger partial charge in [0.1, 0.15) is 0 Å². The lowest BCUT2D eigenvalue weighted by molar-refractivity contribution is -0.00521. The van der Waals surface area contributed by atoms with Crippen molar-refractivity contribution in [2.75, 3.05) is 23.3 Å². The maximum Gasteiger partial charge on any atom is 0.0726 e. The summed E-state index contributed by atoms with van der Waals surface area (Å²) in [7, 11) is 0. The van der Waals surface area contributed by atoms with Gasteiger partial charge in [0.15, 0.2) is 0 Å². The van der Waals surface area contributed by atoms with Gasteiger partial charge in [-0.25, -0.2) is 0 Å². The molecule has 1 fully saturated rings. The molecule has 0 saturated carbocycles. The Balaban J connectivity index is 1.66. The van der Waals surface area contributed by atoms with Crippen LogP contribution >= 0.6 is 0 Å². The normalized spacial score (nSPS) is 21.8. The number of benzene rings is 2. The molecule has 1 heterocycles. The third-order valence-corrected chi connectivity index (χ3v) is 4.67. The second-order valence-corrected chi connectivity index (χ2v) is 6.98. The van der Waals surface area contributed by atoms with Crippen molar-refractivity contribution >= 4 is 11.4 Å². The monoisotopic (exact) mass is 340 g/mol. The van der Waals surface area contributed by atoms with Crippen molar-refractivity contribution in [1.82, 2.24) is 0 Å². The summed E-state index contributed by atoms with van der Waals surface area (Å²) in [6.07, 6.45) is 0.528. The fourth-order valence-electron chi connectivity index (χ4n) is 3.45. The summed E-state index contributed by atoms with van der Waals surface area (Å²) in [5, 5.41) is 12.8. The smallest absolute Gasteiger partial charge is 0.0726 e. The van der Waals surface area contributed by atoms with Crippen LogP contribution in [0.25, 0.3) is 0 Å². The van der Waals surface area contributed by atoms with E-state index >= 15 is 0 Å². The molecule has 3 atom stereocenters. The maximum atomic E-state index is 9.29. The van der Waals surface area contributed by atoms with Gasteiger partial charge in [-0.15, -0.1) is 0 Å². The number of rotatable bonds is 5. The lowest BCUT2D eigenvalue weighted by atomic mass is 10.1. The summed E-state index contributed by atoms with van der Waals surface area (Å²) in [4.78, 5) is 2.39. The second-order valence-electron chi connectivity index (χ2n) is 6.98. The molecular weight excluding hydrogens is 312 g/mol. The number of hydrogen-bond acceptors (Lipinski definition) is 4. The van der Waals surface area contributed by atoms with Crippen molar-refractivity contribution in [2.24, 2.45) is 0 Å². The van der Waals surface area contributed by atoms with Gasteiger partial charge in [0, 0.05) is 30.5 Å². The zero-order valence-electron chi connectivity index (χ0n) is 15.3. The Morgan fingerprint density at radius 2 is 1.80 bits per heavy atom. The van der Waals surface area contributed by atoms with Crippen LogP contribution in [0.15, 0.2) is 48.5 Å². The highest BCUT2D eigenvalue weighted by Gasteiger charge is 2.22. The zero-order valence-corrected chi connectivity index (χ0v) is 15.3. The minimum Gasteiger partial charge on any atom is -0.392 e. The Labute approximate surface area is 150 Å². The average Bonchev–Trinajstić information content (AvgIpc) is 2.61. The Kier molecular flexibility index (Phi) is 5.61. The average molecular weight is 340 g/mol. The minimum atomic E-state index is 0.0751. The van der Waals surface area contributed by atoms with Crippen LogP contribution in [0.4, 0.5) is 11.4 Å². The van der Waals surface area contributed by atoms with E-state index in [1.165, 1.54) is 11.3 Å². The Hall–Kier alpha value is -2.04. The molecule has 25 heavy (non-hydrogen) atoms. The number of nitrogens with zero attached hydrogens (tertiary/aromatic N) is 1. The maximum absolute atomic E-state index is 9.29. The van der Waals surface area contributed by atoms with E-state index in [0.717, 1.165) is 24.3 Å². The highest BCUT2D eigenvalue weighted by molar-refractivity contribution is 5.56. The van der Waals surface area contributed by atoms with Gasteiger partial charge in [0.25, 0.3) is 0 Å². The summed E-state index contributed by atoms with van der Waals surface area (Å²) in [5.41, 5.74) is 4.45. The lowest BCUT2D eigenvalue weighted by Gasteiger charge is -2.37. The zero-order chi connectivity index (χ0) is 17.8. The molecule has 0 bridgehead atoms. The summed E-state index contributed by atoms with van der Waals surface area (Å²) < 4.78 is 5.81. The summed E-state index contributed by atoms with van der Waals surface area (Å²) in [6, 6.07) is 16.8. The van der Waals surface area contributed by atoms with Crippen LogP contribution < -0.4 is 10.2 Å². The highest BCUT2D eigenvalue weighted by atomic mass is 16.5. The second kappa shape index (κ2) is 7.89. The van der Waals surface area contributed by atoms with Crippen molar-refractivity contribution in [3.63, 3.8) is 0 Å². The number of ether oxygens (including phenoxy) is 1. The van der Waals surface area contributed by atoms with Crippen LogP contribution in [0, 0.1) is 0 Å². The number of aliphatic hydroxyl groups excluding tert-OH is 1. The molecule has 2 aromatic carbocycles. The molecule has 0 aromatic heterocycles. The van der Waals surface area contributed by atoms with E-state index in [-0.39, 0.29) is 24.9 Å². The van der Waals surface area contributed by atoms with Gasteiger partial charge in [0.05, 0.1) is 18.8 Å². The molecule has 1 aliphatic rings. The van der Waals surface area contributed by atoms with Gasteiger partial charge in [0.2, 0.25) is 0 Å². The largest absolute Gasteiger partial charge is 0.392 e. The first kappa shape index (κ1) is 17.8. The first-order chi connectivity index (χ1) is 12.0. The van der Waals surface area contributed by atoms with Crippen molar-refractivity contribution in [3.05, 3.63) is 59.7 Å². The van der Waals surface area contributed by atoms with E-state index in [9.17, 15) is 5.11 Å². The van der Waals surface area contributed by atoms with Gasteiger partial charge in [-0.05, 0) is 56.2 Å². The molecule has 0 spiro atoms. The number of nitrogens with one attached hydrogen (secondary N) is 1. The molecule has 4 nitrogen and oxygen atoms in total. The third kappa shape index (κ3) is 4.53. The van der Waals surface area contributed by atoms with Crippen molar-refractivity contribution in [3.8, 4) is 0 Å². The van der Waals surface area contributed by atoms with Gasteiger partial charge in [-0.3, -0.25) is 0 Å². The molecule has 1 saturated heterocycles. The first-order valence-electron chi connectivity index (χ1n) is 9.02. The molecular formula is C21H28N2O2. The molecule has 1 aliphatic heterocycles. The van der Waals surface area contributed by atoms with Crippen molar-refractivity contribution < 1.29 is 9.84 Å². The molecule has 2 N–H and O–H groups in total. The van der Waals surface area contributed by atoms with Gasteiger partial charge in [-0.1, -0.05) is 24.3 Å².